The summed E-state index contributed by atoms with van der Waals surface area (Å²) >= 11 is 1.29. The molecule has 1 amide bonds. The Kier molecular flexibility index (Phi) is 6.41. The lowest BCUT2D eigenvalue weighted by Gasteiger charge is -2.15. The molecular formula is C29H25FN2O3S. The normalized spacial score (nSPS) is 14.6. The average molecular weight is 501 g/mol. The summed E-state index contributed by atoms with van der Waals surface area (Å²) in [6.07, 6.45) is 1.50. The fourth-order valence-corrected chi connectivity index (χ4v) is 5.14. The van der Waals surface area contributed by atoms with Crippen LogP contribution in [0.25, 0.3) is 21.6 Å². The number of aldehydes is 1. The van der Waals surface area contributed by atoms with Gasteiger partial charge in [0.1, 0.15) is 18.2 Å². The molecule has 182 valence electrons. The molecule has 1 atom stereocenters. The minimum Gasteiger partial charge on any atom is -0.441 e. The molecule has 4 aromatic rings. The SMILES string of the molecule is Cc1nsc(-c2ccc(-c3ccc(C4(C=O)CC4)cc3)cc2)c1NC(=O)O[C@H](C)c1ccccc1F. The number of anilines is 1. The summed E-state index contributed by atoms with van der Waals surface area (Å²) in [5, 5.41) is 2.79. The third-order valence-electron chi connectivity index (χ3n) is 6.67. The highest BCUT2D eigenvalue weighted by atomic mass is 32.1. The van der Waals surface area contributed by atoms with Gasteiger partial charge in [-0.3, -0.25) is 5.32 Å². The van der Waals surface area contributed by atoms with E-state index < -0.39 is 18.0 Å². The summed E-state index contributed by atoms with van der Waals surface area (Å²) in [5.41, 5.74) is 5.40. The molecule has 5 rings (SSSR count). The molecule has 0 spiro atoms. The number of hydrogen-bond donors (Lipinski definition) is 1. The molecule has 5 nitrogen and oxygen atoms in total. The van der Waals surface area contributed by atoms with Gasteiger partial charge in [0.15, 0.2) is 0 Å². The van der Waals surface area contributed by atoms with E-state index in [1.54, 1.807) is 25.1 Å². The Bertz CT molecular complexity index is 1410. The maximum absolute atomic E-state index is 14.0. The average Bonchev–Trinajstić information content (AvgIpc) is 3.62. The second-order valence-electron chi connectivity index (χ2n) is 9.09. The van der Waals surface area contributed by atoms with Crippen LogP contribution < -0.4 is 5.32 Å². The lowest BCUT2D eigenvalue weighted by molar-refractivity contribution is -0.109. The molecule has 1 saturated carbocycles. The van der Waals surface area contributed by atoms with Crippen molar-refractivity contribution in [3.8, 4) is 21.6 Å². The number of aromatic nitrogens is 1. The quantitative estimate of drug-likeness (QED) is 0.267. The number of carbonyl (C=O) groups is 2. The van der Waals surface area contributed by atoms with Crippen LogP contribution in [0.4, 0.5) is 14.9 Å². The van der Waals surface area contributed by atoms with Crippen molar-refractivity contribution in [1.82, 2.24) is 4.37 Å². The van der Waals surface area contributed by atoms with Crippen LogP contribution in [0.2, 0.25) is 0 Å². The number of rotatable bonds is 7. The van der Waals surface area contributed by atoms with Gasteiger partial charge in [-0.15, -0.1) is 0 Å². The van der Waals surface area contributed by atoms with Gasteiger partial charge in [0.25, 0.3) is 0 Å². The highest BCUT2D eigenvalue weighted by Gasteiger charge is 2.44. The van der Waals surface area contributed by atoms with Gasteiger partial charge in [-0.05, 0) is 66.5 Å². The number of ether oxygens (including phenoxy) is 1. The molecule has 0 bridgehead atoms. The summed E-state index contributed by atoms with van der Waals surface area (Å²) in [4.78, 5) is 24.8. The van der Waals surface area contributed by atoms with Crippen LogP contribution in [0.1, 0.15) is 42.7 Å². The van der Waals surface area contributed by atoms with Crippen molar-refractivity contribution in [2.24, 2.45) is 0 Å². The summed E-state index contributed by atoms with van der Waals surface area (Å²) in [6, 6.07) is 22.4. The molecule has 0 aliphatic heterocycles. The van der Waals surface area contributed by atoms with Crippen LogP contribution in [-0.4, -0.2) is 16.8 Å². The lowest BCUT2D eigenvalue weighted by atomic mass is 9.95. The van der Waals surface area contributed by atoms with Gasteiger partial charge >= 0.3 is 6.09 Å². The highest BCUT2D eigenvalue weighted by molar-refractivity contribution is 7.10. The van der Waals surface area contributed by atoms with Crippen LogP contribution >= 0.6 is 11.5 Å². The molecule has 0 radical (unpaired) electrons. The van der Waals surface area contributed by atoms with Gasteiger partial charge in [-0.2, -0.15) is 4.37 Å². The Morgan fingerprint density at radius 2 is 1.64 bits per heavy atom. The van der Waals surface area contributed by atoms with E-state index in [0.717, 1.165) is 46.3 Å². The Labute approximate surface area is 213 Å². The number of halogens is 1. The van der Waals surface area contributed by atoms with E-state index in [-0.39, 0.29) is 5.41 Å². The van der Waals surface area contributed by atoms with E-state index in [2.05, 4.69) is 9.69 Å². The van der Waals surface area contributed by atoms with Crippen molar-refractivity contribution >= 4 is 29.6 Å². The molecule has 0 unspecified atom stereocenters. The number of carbonyl (C=O) groups excluding carboxylic acids is 2. The van der Waals surface area contributed by atoms with E-state index in [4.69, 9.17) is 4.74 Å². The van der Waals surface area contributed by atoms with Crippen LogP contribution in [0, 0.1) is 12.7 Å². The molecule has 1 aliphatic carbocycles. The van der Waals surface area contributed by atoms with Gasteiger partial charge in [-0.25, -0.2) is 9.18 Å². The van der Waals surface area contributed by atoms with Gasteiger partial charge in [0.05, 0.1) is 21.7 Å². The molecule has 0 saturated heterocycles. The van der Waals surface area contributed by atoms with Crippen molar-refractivity contribution in [2.75, 3.05) is 5.32 Å². The molecule has 1 aliphatic rings. The van der Waals surface area contributed by atoms with Crippen molar-refractivity contribution in [2.45, 2.75) is 38.2 Å². The molecule has 1 heterocycles. The second-order valence-corrected chi connectivity index (χ2v) is 9.87. The lowest BCUT2D eigenvalue weighted by Crippen LogP contribution is -2.17. The zero-order chi connectivity index (χ0) is 25.3. The van der Waals surface area contributed by atoms with Crippen molar-refractivity contribution < 1.29 is 18.7 Å². The van der Waals surface area contributed by atoms with Crippen molar-refractivity contribution in [3.05, 3.63) is 95.4 Å². The largest absolute Gasteiger partial charge is 0.441 e. The molecule has 7 heteroatoms. The Hall–Kier alpha value is -3.84. The van der Waals surface area contributed by atoms with Gasteiger partial charge in [0.2, 0.25) is 0 Å². The Morgan fingerprint density at radius 3 is 2.25 bits per heavy atom. The maximum atomic E-state index is 14.0. The first-order chi connectivity index (χ1) is 17.4. The summed E-state index contributed by atoms with van der Waals surface area (Å²) in [7, 11) is 0. The smallest absolute Gasteiger partial charge is 0.412 e. The monoisotopic (exact) mass is 500 g/mol. The van der Waals surface area contributed by atoms with E-state index in [1.807, 2.05) is 55.5 Å². The fourth-order valence-electron chi connectivity index (χ4n) is 4.29. The van der Waals surface area contributed by atoms with Crippen molar-refractivity contribution in [1.29, 1.82) is 0 Å². The van der Waals surface area contributed by atoms with E-state index in [0.29, 0.717) is 16.9 Å². The predicted octanol–water partition coefficient (Wildman–Crippen LogP) is 7.46. The predicted molar refractivity (Wildman–Crippen MR) is 140 cm³/mol. The minimum atomic E-state index is -0.742. The first kappa shape index (κ1) is 23.9. The Morgan fingerprint density at radius 1 is 1.03 bits per heavy atom. The second kappa shape index (κ2) is 9.66. The fraction of sp³-hybridized carbons (Fsp3) is 0.207. The topological polar surface area (TPSA) is 68.3 Å². The van der Waals surface area contributed by atoms with Gasteiger partial charge < -0.3 is 9.53 Å². The van der Waals surface area contributed by atoms with Crippen molar-refractivity contribution in [3.63, 3.8) is 0 Å². The molecular weight excluding hydrogens is 475 g/mol. The third-order valence-corrected chi connectivity index (χ3v) is 7.66. The summed E-state index contributed by atoms with van der Waals surface area (Å²) in [6.45, 7) is 3.45. The van der Waals surface area contributed by atoms with Crippen LogP contribution in [0.3, 0.4) is 0 Å². The number of amides is 1. The van der Waals surface area contributed by atoms with E-state index >= 15 is 0 Å². The van der Waals surface area contributed by atoms with Crippen LogP contribution in [0.15, 0.2) is 72.8 Å². The zero-order valence-corrected chi connectivity index (χ0v) is 20.8. The maximum Gasteiger partial charge on any atom is 0.412 e. The highest BCUT2D eigenvalue weighted by Crippen LogP contribution is 2.46. The first-order valence-electron chi connectivity index (χ1n) is 11.8. The third kappa shape index (κ3) is 4.66. The molecule has 36 heavy (non-hydrogen) atoms. The number of benzene rings is 3. The molecule has 3 aromatic carbocycles. The van der Waals surface area contributed by atoms with E-state index in [9.17, 15) is 14.0 Å². The molecule has 1 N–H and O–H groups in total. The number of hydrogen-bond acceptors (Lipinski definition) is 5. The molecule has 1 fully saturated rings. The van der Waals surface area contributed by atoms with Crippen LogP contribution in [0.5, 0.6) is 0 Å². The first-order valence-corrected chi connectivity index (χ1v) is 12.5. The Balaban J connectivity index is 1.30. The number of aryl methyl sites for hydroxylation is 1. The minimum absolute atomic E-state index is 0.274. The van der Waals surface area contributed by atoms with Gasteiger partial charge in [-0.1, -0.05) is 66.7 Å². The standard InChI is InChI=1S/C29H25FN2O3S/c1-18-26(31-28(34)35-19(2)24-5-3-4-6-25(24)30)27(36-32-18)22-9-7-20(8-10-22)21-11-13-23(14-12-21)29(17-33)15-16-29/h3-14,17,19H,15-16H2,1-2H3,(H,31,34)/t19-/m1/s1. The summed E-state index contributed by atoms with van der Waals surface area (Å²) in [5.74, 6) is -0.419. The number of nitrogens with one attached hydrogen (secondary N) is 1. The zero-order valence-electron chi connectivity index (χ0n) is 20.0. The van der Waals surface area contributed by atoms with E-state index in [1.165, 1.54) is 17.6 Å². The molecule has 1 aromatic heterocycles. The van der Waals surface area contributed by atoms with Gasteiger partial charge in [0, 0.05) is 5.56 Å². The van der Waals surface area contributed by atoms with Crippen LogP contribution in [-0.2, 0) is 14.9 Å². The summed E-state index contributed by atoms with van der Waals surface area (Å²) < 4.78 is 23.9. The number of nitrogens with zero attached hydrogens (tertiary/aromatic N) is 1.